The van der Waals surface area contributed by atoms with Gasteiger partial charge in [0.25, 0.3) is 5.78 Å². The first-order valence-corrected chi connectivity index (χ1v) is 9.56. The van der Waals surface area contributed by atoms with Gasteiger partial charge in [-0.15, -0.1) is 0 Å². The van der Waals surface area contributed by atoms with Crippen LogP contribution < -0.4 is 5.32 Å². The van der Waals surface area contributed by atoms with Crippen LogP contribution >= 0.6 is 0 Å². The summed E-state index contributed by atoms with van der Waals surface area (Å²) in [6.07, 6.45) is 5.89. The average Bonchev–Trinajstić information content (AvgIpc) is 3.10. The number of hydrogen-bond acceptors (Lipinski definition) is 5. The second kappa shape index (κ2) is 7.62. The molecule has 2 aromatic heterocycles. The Morgan fingerprint density at radius 3 is 2.67 bits per heavy atom. The SMILES string of the molecule is CCC1CCC(NC(=O)CCc2c(C)nc3ncnn3c2C)(C(=O)O)CC1. The van der Waals surface area contributed by atoms with Gasteiger partial charge in [0.15, 0.2) is 0 Å². The van der Waals surface area contributed by atoms with Crippen molar-refractivity contribution >= 4 is 17.7 Å². The largest absolute Gasteiger partial charge is 0.480 e. The molecule has 0 bridgehead atoms. The van der Waals surface area contributed by atoms with Gasteiger partial charge in [-0.1, -0.05) is 13.3 Å². The van der Waals surface area contributed by atoms with Crippen molar-refractivity contribution in [2.24, 2.45) is 5.92 Å². The third-order valence-corrected chi connectivity index (χ3v) is 5.91. The van der Waals surface area contributed by atoms with Gasteiger partial charge in [-0.2, -0.15) is 10.1 Å². The number of hydrogen-bond donors (Lipinski definition) is 2. The lowest BCUT2D eigenvalue weighted by atomic mass is 9.75. The molecule has 1 aliphatic rings. The number of carbonyl (C=O) groups is 2. The molecule has 27 heavy (non-hydrogen) atoms. The van der Waals surface area contributed by atoms with Gasteiger partial charge in [0.1, 0.15) is 11.9 Å². The molecule has 2 heterocycles. The van der Waals surface area contributed by atoms with Crippen molar-refractivity contribution in [2.45, 2.75) is 71.3 Å². The van der Waals surface area contributed by atoms with E-state index in [0.717, 1.165) is 36.2 Å². The van der Waals surface area contributed by atoms with E-state index in [1.807, 2.05) is 13.8 Å². The first-order chi connectivity index (χ1) is 12.9. The molecular weight excluding hydrogens is 346 g/mol. The predicted octanol–water partition coefficient (Wildman–Crippen LogP) is 2.21. The van der Waals surface area contributed by atoms with Crippen molar-refractivity contribution in [3.63, 3.8) is 0 Å². The van der Waals surface area contributed by atoms with E-state index in [1.54, 1.807) is 4.52 Å². The number of fused-ring (bicyclic) bond motifs is 1. The van der Waals surface area contributed by atoms with Crippen LogP contribution in [0, 0.1) is 19.8 Å². The molecule has 1 amide bonds. The zero-order valence-corrected chi connectivity index (χ0v) is 16.2. The summed E-state index contributed by atoms with van der Waals surface area (Å²) in [5, 5.41) is 16.7. The molecule has 0 spiro atoms. The Hall–Kier alpha value is -2.51. The van der Waals surface area contributed by atoms with Crippen LogP contribution in [0.25, 0.3) is 5.78 Å². The van der Waals surface area contributed by atoms with Crippen LogP contribution in [0.2, 0.25) is 0 Å². The van der Waals surface area contributed by atoms with E-state index in [1.165, 1.54) is 6.33 Å². The van der Waals surface area contributed by atoms with Crippen LogP contribution in [0.1, 0.15) is 62.4 Å². The predicted molar refractivity (Wildman–Crippen MR) is 99.3 cm³/mol. The van der Waals surface area contributed by atoms with Crippen molar-refractivity contribution in [1.82, 2.24) is 24.9 Å². The van der Waals surface area contributed by atoms with Gasteiger partial charge < -0.3 is 10.4 Å². The molecule has 2 aromatic rings. The Kier molecular flexibility index (Phi) is 5.43. The third kappa shape index (κ3) is 3.79. The molecule has 146 valence electrons. The lowest BCUT2D eigenvalue weighted by molar-refractivity contribution is -0.149. The summed E-state index contributed by atoms with van der Waals surface area (Å²) in [4.78, 5) is 32.9. The van der Waals surface area contributed by atoms with Gasteiger partial charge in [-0.3, -0.25) is 4.79 Å². The number of carboxylic acid groups (broad SMARTS) is 1. The number of nitrogens with zero attached hydrogens (tertiary/aromatic N) is 4. The van der Waals surface area contributed by atoms with Gasteiger partial charge in [-0.25, -0.2) is 14.3 Å². The summed E-state index contributed by atoms with van der Waals surface area (Å²) < 4.78 is 1.66. The van der Waals surface area contributed by atoms with Crippen molar-refractivity contribution in [2.75, 3.05) is 0 Å². The van der Waals surface area contributed by atoms with E-state index in [-0.39, 0.29) is 12.3 Å². The van der Waals surface area contributed by atoms with E-state index in [2.05, 4.69) is 27.3 Å². The van der Waals surface area contributed by atoms with Crippen molar-refractivity contribution in [3.8, 4) is 0 Å². The summed E-state index contributed by atoms with van der Waals surface area (Å²) in [5.41, 5.74) is 1.54. The highest BCUT2D eigenvalue weighted by molar-refractivity contribution is 5.87. The molecule has 0 aliphatic heterocycles. The topological polar surface area (TPSA) is 109 Å². The van der Waals surface area contributed by atoms with E-state index in [0.29, 0.717) is 31.0 Å². The first-order valence-electron chi connectivity index (χ1n) is 9.56. The normalized spacial score (nSPS) is 22.7. The number of carbonyl (C=O) groups excluding carboxylic acids is 1. The van der Waals surface area contributed by atoms with Gasteiger partial charge in [0.2, 0.25) is 5.91 Å². The third-order valence-electron chi connectivity index (χ3n) is 5.91. The lowest BCUT2D eigenvalue weighted by Crippen LogP contribution is -2.56. The quantitative estimate of drug-likeness (QED) is 0.803. The fraction of sp³-hybridized carbons (Fsp3) is 0.632. The summed E-state index contributed by atoms with van der Waals surface area (Å²) >= 11 is 0. The Balaban J connectivity index is 1.68. The number of rotatable bonds is 6. The number of aromatic nitrogens is 4. The molecule has 1 aliphatic carbocycles. The Bertz CT molecular complexity index is 852. The molecule has 8 heteroatoms. The van der Waals surface area contributed by atoms with Gasteiger partial charge in [0, 0.05) is 17.8 Å². The van der Waals surface area contributed by atoms with E-state index in [9.17, 15) is 14.7 Å². The number of amides is 1. The van der Waals surface area contributed by atoms with Crippen LogP contribution in [0.4, 0.5) is 0 Å². The fourth-order valence-electron chi connectivity index (χ4n) is 4.06. The highest BCUT2D eigenvalue weighted by Gasteiger charge is 2.42. The second-order valence-electron chi connectivity index (χ2n) is 7.52. The fourth-order valence-corrected chi connectivity index (χ4v) is 4.06. The molecule has 1 fully saturated rings. The molecule has 8 nitrogen and oxygen atoms in total. The smallest absolute Gasteiger partial charge is 0.329 e. The molecule has 0 aromatic carbocycles. The molecule has 1 saturated carbocycles. The Morgan fingerprint density at radius 1 is 1.33 bits per heavy atom. The van der Waals surface area contributed by atoms with Crippen molar-refractivity contribution in [3.05, 3.63) is 23.3 Å². The standard InChI is InChI=1S/C19H27N5O3/c1-4-14-7-9-19(10-8-14,17(26)27)23-16(25)6-5-15-12(2)22-18-20-11-21-24(18)13(15)3/h11,14H,4-10H2,1-3H3,(H,23,25)(H,26,27). The monoisotopic (exact) mass is 373 g/mol. The second-order valence-corrected chi connectivity index (χ2v) is 7.52. The number of carboxylic acids is 1. The van der Waals surface area contributed by atoms with Gasteiger partial charge >= 0.3 is 5.97 Å². The maximum Gasteiger partial charge on any atom is 0.329 e. The minimum absolute atomic E-state index is 0.218. The molecule has 0 unspecified atom stereocenters. The van der Waals surface area contributed by atoms with Crippen LogP contribution in [0.3, 0.4) is 0 Å². The molecule has 0 atom stereocenters. The van der Waals surface area contributed by atoms with Crippen molar-refractivity contribution < 1.29 is 14.7 Å². The van der Waals surface area contributed by atoms with E-state index in [4.69, 9.17) is 0 Å². The molecule has 0 saturated heterocycles. The molecular formula is C19H27N5O3. The van der Waals surface area contributed by atoms with Gasteiger partial charge in [-0.05, 0) is 57.4 Å². The minimum Gasteiger partial charge on any atom is -0.480 e. The van der Waals surface area contributed by atoms with Gasteiger partial charge in [0.05, 0.1) is 0 Å². The van der Waals surface area contributed by atoms with Crippen LogP contribution in [0.15, 0.2) is 6.33 Å². The highest BCUT2D eigenvalue weighted by Crippen LogP contribution is 2.34. The maximum atomic E-state index is 12.6. The van der Waals surface area contributed by atoms with E-state index < -0.39 is 11.5 Å². The zero-order chi connectivity index (χ0) is 19.6. The molecule has 0 radical (unpaired) electrons. The lowest BCUT2D eigenvalue weighted by Gasteiger charge is -2.37. The number of nitrogens with one attached hydrogen (secondary N) is 1. The maximum absolute atomic E-state index is 12.6. The summed E-state index contributed by atoms with van der Waals surface area (Å²) in [7, 11) is 0. The van der Waals surface area contributed by atoms with Crippen molar-refractivity contribution in [1.29, 1.82) is 0 Å². The Labute approximate surface area is 158 Å². The Morgan fingerprint density at radius 2 is 2.04 bits per heavy atom. The number of aryl methyl sites for hydroxylation is 2. The molecule has 3 rings (SSSR count). The van der Waals surface area contributed by atoms with E-state index >= 15 is 0 Å². The first kappa shape index (κ1) is 19.3. The van der Waals surface area contributed by atoms with Crippen LogP contribution in [0.5, 0.6) is 0 Å². The summed E-state index contributed by atoms with van der Waals surface area (Å²) in [5.74, 6) is -0.0656. The van der Waals surface area contributed by atoms with Crippen LogP contribution in [-0.4, -0.2) is 42.1 Å². The summed E-state index contributed by atoms with van der Waals surface area (Å²) in [6, 6.07) is 0. The molecule has 2 N–H and O–H groups in total. The zero-order valence-electron chi connectivity index (χ0n) is 16.2. The average molecular weight is 373 g/mol. The highest BCUT2D eigenvalue weighted by atomic mass is 16.4. The summed E-state index contributed by atoms with van der Waals surface area (Å²) in [6.45, 7) is 5.94. The number of aliphatic carboxylic acids is 1. The minimum atomic E-state index is -1.12. The van der Waals surface area contributed by atoms with Crippen LogP contribution in [-0.2, 0) is 16.0 Å².